The van der Waals surface area contributed by atoms with Crippen LogP contribution in [0, 0.1) is 0 Å². The Bertz CT molecular complexity index is 3310. The van der Waals surface area contributed by atoms with E-state index in [0.29, 0.717) is 0 Å². The molecule has 0 bridgehead atoms. The Morgan fingerprint density at radius 2 is 0.694 bits per heavy atom. The van der Waals surface area contributed by atoms with E-state index in [1.807, 2.05) is 0 Å². The molecule has 0 amide bonds. The quantitative estimate of drug-likeness (QED) is 0.141. The van der Waals surface area contributed by atoms with Gasteiger partial charge in [-0.2, -0.15) is 0 Å². The fraction of sp³-hybridized carbons (Fsp3) is 0. The van der Waals surface area contributed by atoms with E-state index < -0.39 is 0 Å². The lowest BCUT2D eigenvalue weighted by atomic mass is 9.94. The second-order valence-corrected chi connectivity index (χ2v) is 15.7. The van der Waals surface area contributed by atoms with Gasteiger partial charge in [0, 0.05) is 33.3 Å². The van der Waals surface area contributed by atoms with Crippen LogP contribution in [-0.2, 0) is 0 Å². The van der Waals surface area contributed by atoms with E-state index in [1.165, 1.54) is 66.3 Å². The van der Waals surface area contributed by atoms with E-state index in [2.05, 4.69) is 264 Å². The van der Waals surface area contributed by atoms with Crippen LogP contribution >= 0.6 is 0 Å². The Morgan fingerprint density at radius 1 is 0.274 bits per heavy atom. The minimum atomic E-state index is 1.08. The van der Waals surface area contributed by atoms with Crippen molar-refractivity contribution in [2.24, 2.45) is 0 Å². The smallest absolute Gasteiger partial charge is 0.0547 e. The summed E-state index contributed by atoms with van der Waals surface area (Å²) >= 11 is 0. The zero-order valence-corrected chi connectivity index (χ0v) is 34.1. The fourth-order valence-electron chi connectivity index (χ4n) is 9.11. The standard InChI is InChI=1S/C60H42N2/c1-4-18-43(19-5-1)44-34-36-45(37-35-44)46-38-40-51(41-39-46)61(56-30-13-10-26-52(56)47-20-6-2-7-21-47)57-31-14-11-27-53(57)48-22-16-23-49(42-48)54-29-17-33-59-60(54)55-28-12-15-32-58(55)62(59)50-24-8-3-9-25-50/h1-42H. The van der Waals surface area contributed by atoms with Crippen LogP contribution in [0.5, 0.6) is 0 Å². The minimum Gasteiger partial charge on any atom is -0.309 e. The molecule has 62 heavy (non-hydrogen) atoms. The second kappa shape index (κ2) is 16.1. The zero-order chi connectivity index (χ0) is 41.2. The molecule has 0 saturated heterocycles. The lowest BCUT2D eigenvalue weighted by Crippen LogP contribution is -2.12. The summed E-state index contributed by atoms with van der Waals surface area (Å²) in [5.74, 6) is 0. The highest BCUT2D eigenvalue weighted by atomic mass is 15.1. The van der Waals surface area contributed by atoms with Crippen molar-refractivity contribution in [3.8, 4) is 61.3 Å². The molecule has 292 valence electrons. The third kappa shape index (κ3) is 6.74. The first kappa shape index (κ1) is 36.8. The van der Waals surface area contributed by atoms with Crippen molar-refractivity contribution in [3.63, 3.8) is 0 Å². The summed E-state index contributed by atoms with van der Waals surface area (Å²) in [7, 11) is 0. The Kier molecular flexibility index (Phi) is 9.57. The molecule has 0 atom stereocenters. The lowest BCUT2D eigenvalue weighted by molar-refractivity contribution is 1.18. The van der Waals surface area contributed by atoms with Gasteiger partial charge < -0.3 is 9.47 Å². The maximum Gasteiger partial charge on any atom is 0.0547 e. The summed E-state index contributed by atoms with van der Waals surface area (Å²) in [6, 6.07) is 92.0. The number of para-hydroxylation sites is 4. The molecule has 11 aromatic rings. The molecule has 0 unspecified atom stereocenters. The zero-order valence-electron chi connectivity index (χ0n) is 34.1. The Morgan fingerprint density at radius 3 is 1.34 bits per heavy atom. The number of hydrogen-bond acceptors (Lipinski definition) is 1. The monoisotopic (exact) mass is 790 g/mol. The normalized spacial score (nSPS) is 11.2. The topological polar surface area (TPSA) is 8.17 Å². The predicted molar refractivity (Wildman–Crippen MR) is 263 cm³/mol. The van der Waals surface area contributed by atoms with Gasteiger partial charge in [0.2, 0.25) is 0 Å². The number of hydrogen-bond donors (Lipinski definition) is 0. The molecule has 2 nitrogen and oxygen atoms in total. The fourth-order valence-corrected chi connectivity index (χ4v) is 9.11. The molecule has 0 radical (unpaired) electrons. The third-order valence-electron chi connectivity index (χ3n) is 12.0. The highest BCUT2D eigenvalue weighted by Gasteiger charge is 2.22. The summed E-state index contributed by atoms with van der Waals surface area (Å²) < 4.78 is 2.39. The molecule has 1 aromatic heterocycles. The number of fused-ring (bicyclic) bond motifs is 3. The van der Waals surface area contributed by atoms with Gasteiger partial charge in [-0.25, -0.2) is 0 Å². The van der Waals surface area contributed by atoms with Crippen molar-refractivity contribution in [3.05, 3.63) is 255 Å². The van der Waals surface area contributed by atoms with Crippen LogP contribution < -0.4 is 4.90 Å². The van der Waals surface area contributed by atoms with Gasteiger partial charge in [0.25, 0.3) is 0 Å². The number of anilines is 3. The van der Waals surface area contributed by atoms with Crippen LogP contribution in [0.3, 0.4) is 0 Å². The minimum absolute atomic E-state index is 1.08. The number of rotatable bonds is 9. The molecule has 0 N–H and O–H groups in total. The molecule has 0 spiro atoms. The molecule has 0 aliphatic carbocycles. The maximum absolute atomic E-state index is 2.43. The van der Waals surface area contributed by atoms with Crippen molar-refractivity contribution < 1.29 is 0 Å². The maximum atomic E-state index is 2.43. The van der Waals surface area contributed by atoms with Crippen molar-refractivity contribution >= 4 is 38.9 Å². The molecule has 11 rings (SSSR count). The van der Waals surface area contributed by atoms with Gasteiger partial charge >= 0.3 is 0 Å². The van der Waals surface area contributed by atoms with E-state index >= 15 is 0 Å². The second-order valence-electron chi connectivity index (χ2n) is 15.7. The van der Waals surface area contributed by atoms with Crippen LogP contribution in [0.1, 0.15) is 0 Å². The SMILES string of the molecule is c1ccc(-c2ccc(-c3ccc(N(c4ccccc4-c4ccccc4)c4ccccc4-c4cccc(-c5cccc6c5c5ccccc5n6-c5ccccc5)c4)cc3)cc2)cc1. The summed E-state index contributed by atoms with van der Waals surface area (Å²) in [6.07, 6.45) is 0. The molecule has 0 aliphatic rings. The van der Waals surface area contributed by atoms with Gasteiger partial charge in [0.05, 0.1) is 22.4 Å². The molecule has 0 saturated carbocycles. The lowest BCUT2D eigenvalue weighted by Gasteiger charge is -2.30. The molecular formula is C60H42N2. The summed E-state index contributed by atoms with van der Waals surface area (Å²) in [6.45, 7) is 0. The average Bonchev–Trinajstić information content (AvgIpc) is 3.70. The van der Waals surface area contributed by atoms with Gasteiger partial charge in [-0.15, -0.1) is 0 Å². The van der Waals surface area contributed by atoms with Crippen LogP contribution in [-0.4, -0.2) is 4.57 Å². The summed E-state index contributed by atoms with van der Waals surface area (Å²) in [4.78, 5) is 2.43. The van der Waals surface area contributed by atoms with Gasteiger partial charge in [-0.3, -0.25) is 0 Å². The Labute approximate surface area is 362 Å². The Hall–Kier alpha value is -8.20. The van der Waals surface area contributed by atoms with Crippen LogP contribution in [0.4, 0.5) is 17.1 Å². The van der Waals surface area contributed by atoms with Crippen molar-refractivity contribution in [2.75, 3.05) is 4.90 Å². The summed E-state index contributed by atoms with van der Waals surface area (Å²) in [5, 5.41) is 2.50. The van der Waals surface area contributed by atoms with Crippen LogP contribution in [0.25, 0.3) is 83.1 Å². The van der Waals surface area contributed by atoms with Crippen molar-refractivity contribution in [2.45, 2.75) is 0 Å². The average molecular weight is 791 g/mol. The first-order valence-electron chi connectivity index (χ1n) is 21.3. The van der Waals surface area contributed by atoms with Crippen LogP contribution in [0.15, 0.2) is 255 Å². The van der Waals surface area contributed by atoms with Crippen LogP contribution in [0.2, 0.25) is 0 Å². The number of benzene rings is 10. The first-order chi connectivity index (χ1) is 30.8. The van der Waals surface area contributed by atoms with E-state index in [4.69, 9.17) is 0 Å². The van der Waals surface area contributed by atoms with Gasteiger partial charge in [0.1, 0.15) is 0 Å². The van der Waals surface area contributed by atoms with E-state index in [-0.39, 0.29) is 0 Å². The highest BCUT2D eigenvalue weighted by Crippen LogP contribution is 2.46. The third-order valence-corrected chi connectivity index (χ3v) is 12.0. The van der Waals surface area contributed by atoms with E-state index in [9.17, 15) is 0 Å². The summed E-state index contributed by atoms with van der Waals surface area (Å²) in [5.41, 5.74) is 18.7. The van der Waals surface area contributed by atoms with E-state index in [0.717, 1.165) is 33.9 Å². The van der Waals surface area contributed by atoms with E-state index in [1.54, 1.807) is 0 Å². The number of nitrogens with zero attached hydrogens (tertiary/aromatic N) is 2. The van der Waals surface area contributed by atoms with Gasteiger partial charge in [-0.1, -0.05) is 200 Å². The molecule has 10 aromatic carbocycles. The van der Waals surface area contributed by atoms with Crippen molar-refractivity contribution in [1.82, 2.24) is 4.57 Å². The van der Waals surface area contributed by atoms with Crippen molar-refractivity contribution in [1.29, 1.82) is 0 Å². The molecule has 1 heterocycles. The first-order valence-corrected chi connectivity index (χ1v) is 21.3. The molecule has 0 aliphatic heterocycles. The largest absolute Gasteiger partial charge is 0.309 e. The van der Waals surface area contributed by atoms with Gasteiger partial charge in [0.15, 0.2) is 0 Å². The molecule has 0 fully saturated rings. The Balaban J connectivity index is 1.04. The molecular weight excluding hydrogens is 749 g/mol. The molecule has 2 heteroatoms. The number of aromatic nitrogens is 1. The predicted octanol–water partition coefficient (Wildman–Crippen LogP) is 16.6. The highest BCUT2D eigenvalue weighted by molar-refractivity contribution is 6.16. The van der Waals surface area contributed by atoms with Gasteiger partial charge in [-0.05, 0) is 99.1 Å².